The number of thioether (sulfide) groups is 1. The van der Waals surface area contributed by atoms with E-state index in [1.807, 2.05) is 65.0 Å². The molecule has 1 fully saturated rings. The van der Waals surface area contributed by atoms with Crippen LogP contribution in [-0.4, -0.2) is 45.3 Å². The van der Waals surface area contributed by atoms with E-state index in [0.29, 0.717) is 24.5 Å². The molecule has 2 atom stereocenters. The first kappa shape index (κ1) is 23.7. The third-order valence-electron chi connectivity index (χ3n) is 4.72. The normalized spacial score (nSPS) is 20.0. The van der Waals surface area contributed by atoms with Crippen LogP contribution in [0.25, 0.3) is 0 Å². The summed E-state index contributed by atoms with van der Waals surface area (Å²) in [6, 6.07) is 9.22. The summed E-state index contributed by atoms with van der Waals surface area (Å²) in [4.78, 5) is 27.4. The van der Waals surface area contributed by atoms with Crippen molar-refractivity contribution in [1.29, 1.82) is 0 Å². The van der Waals surface area contributed by atoms with Gasteiger partial charge in [-0.05, 0) is 53.4 Å². The summed E-state index contributed by atoms with van der Waals surface area (Å²) >= 11 is 1.37. The SMILES string of the molecule is CC(C)C[C@@H](C[C@H]1COC(C)(C)N1C(=O)OC(C)(C)C)SC(=O)c1ccccc1. The summed E-state index contributed by atoms with van der Waals surface area (Å²) in [5, 5.41) is 0.161. The topological polar surface area (TPSA) is 55.8 Å². The van der Waals surface area contributed by atoms with Crippen LogP contribution in [0.1, 0.15) is 71.7 Å². The molecule has 0 bridgehead atoms. The number of benzene rings is 1. The zero-order chi connectivity index (χ0) is 21.8. The van der Waals surface area contributed by atoms with E-state index in [4.69, 9.17) is 9.47 Å². The van der Waals surface area contributed by atoms with Gasteiger partial charge in [-0.25, -0.2) is 4.79 Å². The van der Waals surface area contributed by atoms with E-state index >= 15 is 0 Å². The van der Waals surface area contributed by atoms with Gasteiger partial charge in [-0.1, -0.05) is 55.9 Å². The highest BCUT2D eigenvalue weighted by molar-refractivity contribution is 8.14. The molecule has 0 aromatic heterocycles. The third-order valence-corrected chi connectivity index (χ3v) is 5.88. The Bertz CT molecular complexity index is 697. The first-order valence-electron chi connectivity index (χ1n) is 10.3. The first-order valence-corrected chi connectivity index (χ1v) is 11.2. The molecule has 1 heterocycles. The number of rotatable bonds is 6. The van der Waals surface area contributed by atoms with E-state index in [9.17, 15) is 9.59 Å². The van der Waals surface area contributed by atoms with Crippen LogP contribution in [0.3, 0.4) is 0 Å². The minimum Gasteiger partial charge on any atom is -0.444 e. The van der Waals surface area contributed by atoms with Crippen molar-refractivity contribution in [2.24, 2.45) is 5.92 Å². The fourth-order valence-corrected chi connectivity index (χ4v) is 4.93. The standard InChI is InChI=1S/C23H35NO4S/c1-16(2)13-19(29-20(25)17-11-9-8-10-12-17)14-18-15-27-23(6,7)24(18)21(26)28-22(3,4)5/h8-12,16,18-19H,13-15H2,1-7H3/t18-,19-/m0/s1. The second-order valence-corrected chi connectivity index (χ2v) is 10.8. The number of amides is 1. The van der Waals surface area contributed by atoms with Gasteiger partial charge in [0.25, 0.3) is 0 Å². The van der Waals surface area contributed by atoms with Crippen LogP contribution in [0.5, 0.6) is 0 Å². The van der Waals surface area contributed by atoms with Crippen molar-refractivity contribution < 1.29 is 19.1 Å². The van der Waals surface area contributed by atoms with Crippen LogP contribution in [0.4, 0.5) is 4.79 Å². The maximum atomic E-state index is 12.9. The lowest BCUT2D eigenvalue weighted by Crippen LogP contribution is -2.50. The summed E-state index contributed by atoms with van der Waals surface area (Å²) in [5.41, 5.74) is -0.600. The van der Waals surface area contributed by atoms with Gasteiger partial charge in [0.1, 0.15) is 11.3 Å². The lowest BCUT2D eigenvalue weighted by molar-refractivity contribution is -0.0626. The Kier molecular flexibility index (Phi) is 7.80. The van der Waals surface area contributed by atoms with Crippen molar-refractivity contribution in [3.8, 4) is 0 Å². The van der Waals surface area contributed by atoms with E-state index in [-0.39, 0.29) is 22.5 Å². The molecule has 1 amide bonds. The number of hydrogen-bond acceptors (Lipinski definition) is 5. The molecule has 0 aliphatic carbocycles. The summed E-state index contributed by atoms with van der Waals surface area (Å²) in [5.74, 6) is 0.446. The van der Waals surface area contributed by atoms with Crippen LogP contribution in [0.15, 0.2) is 30.3 Å². The average molecular weight is 422 g/mol. The molecule has 0 unspecified atom stereocenters. The Hall–Kier alpha value is -1.53. The highest BCUT2D eigenvalue weighted by Crippen LogP contribution is 2.35. The predicted molar refractivity (Wildman–Crippen MR) is 118 cm³/mol. The number of hydrogen-bond donors (Lipinski definition) is 0. The van der Waals surface area contributed by atoms with Gasteiger partial charge < -0.3 is 9.47 Å². The van der Waals surface area contributed by atoms with E-state index in [1.54, 1.807) is 4.90 Å². The molecule has 162 valence electrons. The van der Waals surface area contributed by atoms with Gasteiger partial charge in [0.2, 0.25) is 5.12 Å². The average Bonchev–Trinajstić information content (AvgIpc) is 2.87. The first-order chi connectivity index (χ1) is 13.4. The highest BCUT2D eigenvalue weighted by Gasteiger charge is 2.46. The lowest BCUT2D eigenvalue weighted by Gasteiger charge is -2.36. The molecule has 5 nitrogen and oxygen atoms in total. The van der Waals surface area contributed by atoms with Gasteiger partial charge >= 0.3 is 6.09 Å². The zero-order valence-electron chi connectivity index (χ0n) is 18.7. The number of ether oxygens (including phenoxy) is 2. The zero-order valence-corrected chi connectivity index (χ0v) is 19.5. The largest absolute Gasteiger partial charge is 0.444 e. The van der Waals surface area contributed by atoms with Gasteiger partial charge in [-0.15, -0.1) is 0 Å². The summed E-state index contributed by atoms with van der Waals surface area (Å²) in [7, 11) is 0. The van der Waals surface area contributed by atoms with E-state index in [0.717, 1.165) is 6.42 Å². The van der Waals surface area contributed by atoms with Crippen molar-refractivity contribution in [2.45, 2.75) is 83.9 Å². The van der Waals surface area contributed by atoms with Gasteiger partial charge in [-0.3, -0.25) is 9.69 Å². The molecular formula is C23H35NO4S. The molecule has 1 aliphatic rings. The quantitative estimate of drug-likeness (QED) is 0.586. The minimum atomic E-state index is -0.733. The molecule has 29 heavy (non-hydrogen) atoms. The Labute approximate surface area is 179 Å². The molecule has 1 aliphatic heterocycles. The Morgan fingerprint density at radius 1 is 1.24 bits per heavy atom. The van der Waals surface area contributed by atoms with Crippen molar-refractivity contribution in [3.05, 3.63) is 35.9 Å². The van der Waals surface area contributed by atoms with Gasteiger partial charge in [0.05, 0.1) is 12.6 Å². The van der Waals surface area contributed by atoms with E-state index in [2.05, 4.69) is 13.8 Å². The monoisotopic (exact) mass is 421 g/mol. The summed E-state index contributed by atoms with van der Waals surface area (Å²) in [6.07, 6.45) is 1.21. The summed E-state index contributed by atoms with van der Waals surface area (Å²) in [6.45, 7) is 14.1. The summed E-state index contributed by atoms with van der Waals surface area (Å²) < 4.78 is 11.6. The second kappa shape index (κ2) is 9.52. The third kappa shape index (κ3) is 7.03. The van der Waals surface area contributed by atoms with Crippen LogP contribution in [-0.2, 0) is 9.47 Å². The maximum absolute atomic E-state index is 12.9. The number of nitrogens with zero attached hydrogens (tertiary/aromatic N) is 1. The molecular weight excluding hydrogens is 386 g/mol. The lowest BCUT2D eigenvalue weighted by atomic mass is 10.0. The molecule has 6 heteroatoms. The molecule has 1 aromatic rings. The van der Waals surface area contributed by atoms with Crippen LogP contribution in [0.2, 0.25) is 0 Å². The van der Waals surface area contributed by atoms with Crippen LogP contribution < -0.4 is 0 Å². The van der Waals surface area contributed by atoms with Crippen molar-refractivity contribution >= 4 is 23.0 Å². The molecule has 0 saturated carbocycles. The molecule has 0 N–H and O–H groups in total. The molecule has 1 saturated heterocycles. The van der Waals surface area contributed by atoms with Crippen molar-refractivity contribution in [3.63, 3.8) is 0 Å². The van der Waals surface area contributed by atoms with Crippen LogP contribution >= 0.6 is 11.8 Å². The minimum absolute atomic E-state index is 0.0678. The molecule has 1 aromatic carbocycles. The van der Waals surface area contributed by atoms with E-state index in [1.165, 1.54) is 11.8 Å². The smallest absolute Gasteiger partial charge is 0.412 e. The Balaban J connectivity index is 2.15. The van der Waals surface area contributed by atoms with Crippen molar-refractivity contribution in [2.75, 3.05) is 6.61 Å². The van der Waals surface area contributed by atoms with Gasteiger partial charge in [-0.2, -0.15) is 0 Å². The van der Waals surface area contributed by atoms with E-state index < -0.39 is 11.3 Å². The fourth-order valence-electron chi connectivity index (χ4n) is 3.55. The Morgan fingerprint density at radius 2 is 1.86 bits per heavy atom. The molecule has 2 rings (SSSR count). The number of carbonyl (C=O) groups is 2. The maximum Gasteiger partial charge on any atom is 0.412 e. The van der Waals surface area contributed by atoms with Gasteiger partial charge in [0.15, 0.2) is 0 Å². The van der Waals surface area contributed by atoms with Crippen molar-refractivity contribution in [1.82, 2.24) is 4.90 Å². The highest BCUT2D eigenvalue weighted by atomic mass is 32.2. The predicted octanol–water partition coefficient (Wildman–Crippen LogP) is 5.74. The Morgan fingerprint density at radius 3 is 2.41 bits per heavy atom. The van der Waals surface area contributed by atoms with Crippen LogP contribution in [0, 0.1) is 5.92 Å². The second-order valence-electron chi connectivity index (χ2n) is 9.52. The number of carbonyl (C=O) groups excluding carboxylic acids is 2. The van der Waals surface area contributed by atoms with Gasteiger partial charge in [0, 0.05) is 10.8 Å². The molecule has 0 radical (unpaired) electrons. The fraction of sp³-hybridized carbons (Fsp3) is 0.652. The molecule has 0 spiro atoms.